The van der Waals surface area contributed by atoms with Gasteiger partial charge >= 0.3 is 6.18 Å². The lowest BCUT2D eigenvalue weighted by Crippen LogP contribution is -2.19. The average Bonchev–Trinajstić information content (AvgIpc) is 2.34. The van der Waals surface area contributed by atoms with Gasteiger partial charge in [0.05, 0.1) is 11.4 Å². The predicted molar refractivity (Wildman–Crippen MR) is 74.6 cm³/mol. The van der Waals surface area contributed by atoms with Crippen LogP contribution in [0.2, 0.25) is 0 Å². The fraction of sp³-hybridized carbons (Fsp3) is 0.400. The summed E-state index contributed by atoms with van der Waals surface area (Å²) in [5.74, 6) is -0.637. The molecule has 0 amide bonds. The van der Waals surface area contributed by atoms with Gasteiger partial charge in [-0.05, 0) is 38.3 Å². The van der Waals surface area contributed by atoms with E-state index in [-0.39, 0.29) is 12.0 Å². The fourth-order valence-corrected chi connectivity index (χ4v) is 2.12. The van der Waals surface area contributed by atoms with Crippen molar-refractivity contribution >= 4 is 5.70 Å². The number of hydrogen-bond donors (Lipinski definition) is 1. The first-order valence-electron chi connectivity index (χ1n) is 6.35. The van der Waals surface area contributed by atoms with Crippen LogP contribution in [0.25, 0.3) is 5.70 Å². The maximum Gasteiger partial charge on any atom is 0.412 e. The summed E-state index contributed by atoms with van der Waals surface area (Å²) in [6.45, 7) is 4.51. The molecule has 2 N–H and O–H groups in total. The van der Waals surface area contributed by atoms with Crippen LogP contribution >= 0.6 is 0 Å². The minimum atomic E-state index is -4.30. The van der Waals surface area contributed by atoms with Gasteiger partial charge in [-0.2, -0.15) is 13.2 Å². The van der Waals surface area contributed by atoms with Crippen molar-refractivity contribution in [3.63, 3.8) is 0 Å². The molecule has 0 fully saturated rings. The van der Waals surface area contributed by atoms with Gasteiger partial charge in [-0.25, -0.2) is 0 Å². The molecule has 1 unspecified atom stereocenters. The summed E-state index contributed by atoms with van der Waals surface area (Å²) >= 11 is 0. The average molecular weight is 284 g/mol. The minimum Gasteiger partial charge on any atom is -0.397 e. The Morgan fingerprint density at radius 2 is 2.00 bits per heavy atom. The lowest BCUT2D eigenvalue weighted by atomic mass is 9.93. The van der Waals surface area contributed by atoms with Crippen LogP contribution in [0.1, 0.15) is 32.9 Å². The van der Waals surface area contributed by atoms with Crippen LogP contribution in [0.3, 0.4) is 0 Å². The third-order valence-electron chi connectivity index (χ3n) is 2.99. The molecule has 20 heavy (non-hydrogen) atoms. The highest BCUT2D eigenvalue weighted by Gasteiger charge is 2.37. The van der Waals surface area contributed by atoms with Crippen LogP contribution in [-0.2, 0) is 0 Å². The van der Waals surface area contributed by atoms with E-state index < -0.39 is 17.7 Å². The molecule has 0 aliphatic carbocycles. The Kier molecular flexibility index (Phi) is 5.36. The molecule has 0 radical (unpaired) electrons. The van der Waals surface area contributed by atoms with E-state index in [2.05, 4.69) is 4.98 Å². The van der Waals surface area contributed by atoms with E-state index in [1.807, 2.05) is 0 Å². The highest BCUT2D eigenvalue weighted by Crippen LogP contribution is 2.35. The van der Waals surface area contributed by atoms with E-state index in [0.717, 1.165) is 0 Å². The van der Waals surface area contributed by atoms with Crippen molar-refractivity contribution in [2.24, 2.45) is 11.7 Å². The molecule has 1 aromatic rings. The van der Waals surface area contributed by atoms with E-state index >= 15 is 0 Å². The van der Waals surface area contributed by atoms with Gasteiger partial charge in [0.2, 0.25) is 0 Å². The second-order valence-corrected chi connectivity index (χ2v) is 4.92. The zero-order valence-electron chi connectivity index (χ0n) is 11.8. The smallest absolute Gasteiger partial charge is 0.397 e. The molecular formula is C15H19F3N2. The minimum absolute atomic E-state index is 0.225. The highest BCUT2D eigenvalue weighted by atomic mass is 19.4. The molecule has 0 saturated heterocycles. The second kappa shape index (κ2) is 6.59. The summed E-state index contributed by atoms with van der Waals surface area (Å²) in [5.41, 5.74) is 6.60. The summed E-state index contributed by atoms with van der Waals surface area (Å²) < 4.78 is 38.8. The SMILES string of the molecule is CC(C)=C(C(C)C/C=C(/N)c1ccccn1)C(F)(F)F. The van der Waals surface area contributed by atoms with Gasteiger partial charge in [0.1, 0.15) is 0 Å². The Morgan fingerprint density at radius 3 is 2.45 bits per heavy atom. The molecule has 1 atom stereocenters. The molecule has 5 heteroatoms. The van der Waals surface area contributed by atoms with Crippen molar-refractivity contribution in [2.75, 3.05) is 0 Å². The lowest BCUT2D eigenvalue weighted by molar-refractivity contribution is -0.0991. The molecular weight excluding hydrogens is 265 g/mol. The molecule has 0 bridgehead atoms. The van der Waals surface area contributed by atoms with Gasteiger partial charge < -0.3 is 5.73 Å². The zero-order chi connectivity index (χ0) is 15.3. The highest BCUT2D eigenvalue weighted by molar-refractivity contribution is 5.58. The Hall–Kier alpha value is -1.78. The van der Waals surface area contributed by atoms with Crippen molar-refractivity contribution in [3.8, 4) is 0 Å². The monoisotopic (exact) mass is 284 g/mol. The van der Waals surface area contributed by atoms with Crippen molar-refractivity contribution in [1.82, 2.24) is 4.98 Å². The normalized spacial score (nSPS) is 14.0. The Bertz CT molecular complexity index is 498. The van der Waals surface area contributed by atoms with Crippen molar-refractivity contribution in [2.45, 2.75) is 33.4 Å². The third kappa shape index (κ3) is 4.40. The van der Waals surface area contributed by atoms with Crippen molar-refractivity contribution in [3.05, 3.63) is 47.3 Å². The Balaban J connectivity index is 2.86. The maximum atomic E-state index is 12.9. The molecule has 110 valence electrons. The number of pyridine rings is 1. The van der Waals surface area contributed by atoms with E-state index in [9.17, 15) is 13.2 Å². The molecule has 1 rings (SSSR count). The quantitative estimate of drug-likeness (QED) is 0.837. The van der Waals surface area contributed by atoms with E-state index in [1.54, 1.807) is 37.4 Å². The summed E-state index contributed by atoms with van der Waals surface area (Å²) in [4.78, 5) is 4.06. The number of alkyl halides is 3. The van der Waals surface area contributed by atoms with Crippen molar-refractivity contribution in [1.29, 1.82) is 0 Å². The third-order valence-corrected chi connectivity index (χ3v) is 2.99. The Labute approximate surface area is 117 Å². The number of hydrogen-bond acceptors (Lipinski definition) is 2. The van der Waals surface area contributed by atoms with Gasteiger partial charge in [-0.1, -0.05) is 24.6 Å². The standard InChI is InChI=1S/C15H19F3N2/c1-10(2)14(15(16,17)18)11(3)7-8-12(19)13-6-4-5-9-20-13/h4-6,8-9,11H,7,19H2,1-3H3/b12-8+. The van der Waals surface area contributed by atoms with Crippen LogP contribution in [-0.4, -0.2) is 11.2 Å². The molecule has 0 spiro atoms. The second-order valence-electron chi connectivity index (χ2n) is 4.92. The number of halogens is 3. The van der Waals surface area contributed by atoms with Crippen LogP contribution in [0.5, 0.6) is 0 Å². The molecule has 0 aliphatic rings. The van der Waals surface area contributed by atoms with Crippen LogP contribution in [0.4, 0.5) is 13.2 Å². The first-order chi connectivity index (χ1) is 9.23. The first kappa shape index (κ1) is 16.3. The lowest BCUT2D eigenvalue weighted by Gasteiger charge is -2.19. The van der Waals surface area contributed by atoms with Crippen LogP contribution < -0.4 is 5.73 Å². The predicted octanol–water partition coefficient (Wildman–Crippen LogP) is 4.31. The van der Waals surface area contributed by atoms with Crippen LogP contribution in [0, 0.1) is 5.92 Å². The van der Waals surface area contributed by atoms with Crippen molar-refractivity contribution < 1.29 is 13.2 Å². The summed E-state index contributed by atoms with van der Waals surface area (Å²) in [6, 6.07) is 5.26. The molecule has 2 nitrogen and oxygen atoms in total. The van der Waals surface area contributed by atoms with Gasteiger partial charge in [-0.15, -0.1) is 0 Å². The van der Waals surface area contributed by atoms with Gasteiger partial charge in [-0.3, -0.25) is 4.98 Å². The van der Waals surface area contributed by atoms with E-state index in [0.29, 0.717) is 11.4 Å². The molecule has 0 saturated carbocycles. The molecule has 1 heterocycles. The van der Waals surface area contributed by atoms with Gasteiger partial charge in [0, 0.05) is 11.8 Å². The van der Waals surface area contributed by atoms with Crippen LogP contribution in [0.15, 0.2) is 41.6 Å². The van der Waals surface area contributed by atoms with E-state index in [1.165, 1.54) is 13.8 Å². The topological polar surface area (TPSA) is 38.9 Å². The number of nitrogens with two attached hydrogens (primary N) is 1. The van der Waals surface area contributed by atoms with E-state index in [4.69, 9.17) is 5.73 Å². The summed E-state index contributed by atoms with van der Waals surface area (Å²) in [5, 5.41) is 0. The molecule has 0 aromatic carbocycles. The first-order valence-corrected chi connectivity index (χ1v) is 6.35. The van der Waals surface area contributed by atoms with Gasteiger partial charge in [0.15, 0.2) is 0 Å². The number of allylic oxidation sites excluding steroid dienone is 3. The largest absolute Gasteiger partial charge is 0.412 e. The summed E-state index contributed by atoms with van der Waals surface area (Å²) in [6.07, 6.45) is -0.882. The number of rotatable bonds is 4. The molecule has 0 aliphatic heterocycles. The molecule has 1 aromatic heterocycles. The van der Waals surface area contributed by atoms with Gasteiger partial charge in [0.25, 0.3) is 0 Å². The summed E-state index contributed by atoms with van der Waals surface area (Å²) in [7, 11) is 0. The fourth-order valence-electron chi connectivity index (χ4n) is 2.12. The number of nitrogens with zero attached hydrogens (tertiary/aromatic N) is 1. The maximum absolute atomic E-state index is 12.9. The Morgan fingerprint density at radius 1 is 1.35 bits per heavy atom. The number of aromatic nitrogens is 1. The zero-order valence-corrected chi connectivity index (χ0v) is 11.8.